The van der Waals surface area contributed by atoms with E-state index in [2.05, 4.69) is 10.4 Å². The molecule has 8 nitrogen and oxygen atoms in total. The molecule has 0 atom stereocenters. The highest BCUT2D eigenvalue weighted by Crippen LogP contribution is 2.33. The lowest BCUT2D eigenvalue weighted by Gasteiger charge is -2.11. The molecule has 162 valence electrons. The minimum atomic E-state index is -4.69. The van der Waals surface area contributed by atoms with Crippen molar-refractivity contribution in [3.05, 3.63) is 74.6 Å². The third-order valence-corrected chi connectivity index (χ3v) is 4.36. The molecule has 1 heterocycles. The first-order valence-electron chi connectivity index (χ1n) is 8.60. The molecular formula is C19H14ClF3N4O4. The summed E-state index contributed by atoms with van der Waals surface area (Å²) in [4.78, 5) is 22.9. The van der Waals surface area contributed by atoms with Crippen LogP contribution in [-0.4, -0.2) is 20.6 Å². The minimum Gasteiger partial charge on any atom is -0.457 e. The molecule has 1 aromatic heterocycles. The van der Waals surface area contributed by atoms with E-state index in [0.29, 0.717) is 27.1 Å². The molecule has 0 radical (unpaired) electrons. The number of anilines is 1. The molecule has 0 saturated heterocycles. The Balaban J connectivity index is 1.90. The number of amides is 1. The first-order chi connectivity index (χ1) is 14.4. The topological polar surface area (TPSA) is 99.3 Å². The lowest BCUT2D eigenvalue weighted by atomic mass is 10.2. The van der Waals surface area contributed by atoms with Crippen LogP contribution in [0.2, 0.25) is 5.02 Å². The molecule has 0 bridgehead atoms. The summed E-state index contributed by atoms with van der Waals surface area (Å²) in [5.74, 6) is -0.561. The van der Waals surface area contributed by atoms with Crippen molar-refractivity contribution in [2.75, 3.05) is 5.32 Å². The summed E-state index contributed by atoms with van der Waals surface area (Å²) >= 11 is 5.90. The number of non-ortho nitro benzene ring substituents is 1. The number of aryl methyl sites for hydroxylation is 2. The number of rotatable bonds is 5. The number of nitrogens with zero attached hydrogens (tertiary/aromatic N) is 3. The molecule has 0 aliphatic heterocycles. The summed E-state index contributed by atoms with van der Waals surface area (Å²) in [6.45, 7) is 1.72. The van der Waals surface area contributed by atoms with Crippen molar-refractivity contribution in [2.24, 2.45) is 7.05 Å². The predicted molar refractivity (Wildman–Crippen MR) is 106 cm³/mol. The van der Waals surface area contributed by atoms with Crippen LogP contribution in [0.5, 0.6) is 11.5 Å². The van der Waals surface area contributed by atoms with E-state index in [1.165, 1.54) is 6.07 Å². The maximum Gasteiger partial charge on any atom is 0.433 e. The van der Waals surface area contributed by atoms with Crippen LogP contribution < -0.4 is 10.1 Å². The average Bonchev–Trinajstić information content (AvgIpc) is 3.06. The second-order valence-corrected chi connectivity index (χ2v) is 6.91. The van der Waals surface area contributed by atoms with Gasteiger partial charge >= 0.3 is 6.18 Å². The number of ether oxygens (including phenoxy) is 1. The van der Waals surface area contributed by atoms with Crippen molar-refractivity contribution in [3.63, 3.8) is 0 Å². The third-order valence-electron chi connectivity index (χ3n) is 4.13. The van der Waals surface area contributed by atoms with Crippen molar-refractivity contribution in [2.45, 2.75) is 13.1 Å². The van der Waals surface area contributed by atoms with Crippen LogP contribution in [0.25, 0.3) is 0 Å². The van der Waals surface area contributed by atoms with Gasteiger partial charge in [0.05, 0.1) is 16.7 Å². The molecule has 31 heavy (non-hydrogen) atoms. The lowest BCUT2D eigenvalue weighted by Crippen LogP contribution is -2.13. The van der Waals surface area contributed by atoms with E-state index < -0.39 is 34.1 Å². The lowest BCUT2D eigenvalue weighted by molar-refractivity contribution is -0.384. The Labute approximate surface area is 178 Å². The van der Waals surface area contributed by atoms with Gasteiger partial charge in [-0.25, -0.2) is 0 Å². The van der Waals surface area contributed by atoms with Gasteiger partial charge in [-0.1, -0.05) is 11.6 Å². The Bertz CT molecular complexity index is 1180. The van der Waals surface area contributed by atoms with Crippen molar-refractivity contribution in [1.82, 2.24) is 9.78 Å². The fourth-order valence-electron chi connectivity index (χ4n) is 2.71. The Morgan fingerprint density at radius 3 is 2.52 bits per heavy atom. The van der Waals surface area contributed by atoms with Gasteiger partial charge < -0.3 is 10.1 Å². The summed E-state index contributed by atoms with van der Waals surface area (Å²) in [7, 11) is 1.05. The predicted octanol–water partition coefficient (Wildman–Crippen LogP) is 5.35. The molecule has 0 spiro atoms. The summed E-state index contributed by atoms with van der Waals surface area (Å²) in [5.41, 5.74) is -1.40. The summed E-state index contributed by atoms with van der Waals surface area (Å²) in [6, 6.07) is 8.85. The molecule has 1 N–H and O–H groups in total. The standard InChI is InChI=1S/C19H14ClF3N4O4/c1-10-5-11(20)3-4-16(10)31-14-7-12(6-13(8-14)27(29)30)24-18(28)15-9-17(19(21,22)23)26(2)25-15/h3-9H,1-2H3,(H,24,28). The van der Waals surface area contributed by atoms with Crippen LogP contribution in [0, 0.1) is 17.0 Å². The number of benzene rings is 2. The highest BCUT2D eigenvalue weighted by Gasteiger charge is 2.35. The Hall–Kier alpha value is -3.60. The SMILES string of the molecule is Cc1cc(Cl)ccc1Oc1cc(NC(=O)c2cc(C(F)(F)F)n(C)n2)cc([N+](=O)[O-])c1. The maximum atomic E-state index is 12.9. The van der Waals surface area contributed by atoms with Gasteiger partial charge in [0.2, 0.25) is 0 Å². The number of nitro benzene ring substituents is 1. The number of alkyl halides is 3. The van der Waals surface area contributed by atoms with Crippen LogP contribution in [0.15, 0.2) is 42.5 Å². The van der Waals surface area contributed by atoms with Gasteiger partial charge in [0.25, 0.3) is 11.6 Å². The van der Waals surface area contributed by atoms with Crippen LogP contribution >= 0.6 is 11.6 Å². The van der Waals surface area contributed by atoms with Crippen molar-refractivity contribution in [3.8, 4) is 11.5 Å². The van der Waals surface area contributed by atoms with Crippen molar-refractivity contribution < 1.29 is 27.6 Å². The Kier molecular flexibility index (Phi) is 5.89. The number of nitro groups is 1. The highest BCUT2D eigenvalue weighted by atomic mass is 35.5. The molecule has 0 saturated carbocycles. The number of carbonyl (C=O) groups excluding carboxylic acids is 1. The van der Waals surface area contributed by atoms with Gasteiger partial charge in [-0.15, -0.1) is 0 Å². The van der Waals surface area contributed by atoms with Crippen LogP contribution in [-0.2, 0) is 13.2 Å². The van der Waals surface area contributed by atoms with Gasteiger partial charge in [-0.2, -0.15) is 18.3 Å². The molecule has 2 aromatic carbocycles. The summed E-state index contributed by atoms with van der Waals surface area (Å²) in [5, 5.41) is 17.6. The Morgan fingerprint density at radius 1 is 1.23 bits per heavy atom. The summed E-state index contributed by atoms with van der Waals surface area (Å²) < 4.78 is 45.0. The van der Waals surface area contributed by atoms with E-state index in [1.54, 1.807) is 25.1 Å². The Morgan fingerprint density at radius 2 is 1.94 bits per heavy atom. The van der Waals surface area contributed by atoms with Gasteiger partial charge in [-0.05, 0) is 30.7 Å². The average molecular weight is 455 g/mol. The molecule has 3 rings (SSSR count). The molecule has 12 heteroatoms. The van der Waals surface area contributed by atoms with Gasteiger partial charge in [0, 0.05) is 30.3 Å². The van der Waals surface area contributed by atoms with Crippen LogP contribution in [0.4, 0.5) is 24.5 Å². The number of carbonyl (C=O) groups is 1. The fourth-order valence-corrected chi connectivity index (χ4v) is 2.94. The number of hydrogen-bond acceptors (Lipinski definition) is 5. The van der Waals surface area contributed by atoms with Gasteiger partial charge in [-0.3, -0.25) is 19.6 Å². The fraction of sp³-hybridized carbons (Fsp3) is 0.158. The molecule has 3 aromatic rings. The van der Waals surface area contributed by atoms with Gasteiger partial charge in [0.1, 0.15) is 17.2 Å². The van der Waals surface area contributed by atoms with Crippen LogP contribution in [0.3, 0.4) is 0 Å². The quantitative estimate of drug-likeness (QED) is 0.413. The number of halogens is 4. The smallest absolute Gasteiger partial charge is 0.433 e. The number of hydrogen-bond donors (Lipinski definition) is 1. The largest absolute Gasteiger partial charge is 0.457 e. The number of aromatic nitrogens is 2. The van der Waals surface area contributed by atoms with Crippen LogP contribution in [0.1, 0.15) is 21.7 Å². The van der Waals surface area contributed by atoms with E-state index >= 15 is 0 Å². The first-order valence-corrected chi connectivity index (χ1v) is 8.98. The molecule has 0 aliphatic carbocycles. The second-order valence-electron chi connectivity index (χ2n) is 6.47. The van der Waals surface area contributed by atoms with E-state index in [4.69, 9.17) is 16.3 Å². The zero-order valence-electron chi connectivity index (χ0n) is 16.0. The zero-order chi connectivity index (χ0) is 22.9. The highest BCUT2D eigenvalue weighted by molar-refractivity contribution is 6.30. The molecular weight excluding hydrogens is 441 g/mol. The van der Waals surface area contributed by atoms with E-state index in [9.17, 15) is 28.1 Å². The second kappa shape index (κ2) is 8.26. The van der Waals surface area contributed by atoms with E-state index in [0.717, 1.165) is 19.2 Å². The van der Waals surface area contributed by atoms with Crippen molar-refractivity contribution in [1.29, 1.82) is 0 Å². The third kappa shape index (κ3) is 5.12. The normalized spacial score (nSPS) is 11.3. The summed E-state index contributed by atoms with van der Waals surface area (Å²) in [6.07, 6.45) is -4.69. The van der Waals surface area contributed by atoms with Gasteiger partial charge in [0.15, 0.2) is 5.69 Å². The molecule has 0 aliphatic rings. The monoisotopic (exact) mass is 454 g/mol. The van der Waals surface area contributed by atoms with E-state index in [1.807, 2.05) is 0 Å². The maximum absolute atomic E-state index is 12.9. The first kappa shape index (κ1) is 22.1. The molecule has 1 amide bonds. The zero-order valence-corrected chi connectivity index (χ0v) is 16.8. The molecule has 0 unspecified atom stereocenters. The minimum absolute atomic E-state index is 0.0342. The number of nitrogens with one attached hydrogen (secondary N) is 1. The van der Waals surface area contributed by atoms with E-state index in [-0.39, 0.29) is 11.4 Å². The molecule has 0 fully saturated rings. The van der Waals surface area contributed by atoms with Crippen molar-refractivity contribution >= 4 is 28.9 Å².